The first-order valence-electron chi connectivity index (χ1n) is 9.91. The zero-order valence-corrected chi connectivity index (χ0v) is 16.4. The predicted molar refractivity (Wildman–Crippen MR) is 105 cm³/mol. The number of hydrogen-bond acceptors (Lipinski definition) is 5. The van der Waals surface area contributed by atoms with E-state index in [0.717, 1.165) is 18.4 Å². The first-order chi connectivity index (χ1) is 13.1. The highest BCUT2D eigenvalue weighted by atomic mass is 16.4. The van der Waals surface area contributed by atoms with E-state index < -0.39 is 0 Å². The van der Waals surface area contributed by atoms with E-state index in [1.807, 2.05) is 30.3 Å². The van der Waals surface area contributed by atoms with Crippen LogP contribution in [0.15, 0.2) is 34.7 Å². The fourth-order valence-corrected chi connectivity index (χ4v) is 3.79. The second-order valence-corrected chi connectivity index (χ2v) is 7.68. The first kappa shape index (κ1) is 19.5. The summed E-state index contributed by atoms with van der Waals surface area (Å²) in [6, 6.07) is 9.66. The van der Waals surface area contributed by atoms with Gasteiger partial charge < -0.3 is 14.6 Å². The molecule has 0 spiro atoms. The van der Waals surface area contributed by atoms with Gasteiger partial charge in [0.15, 0.2) is 0 Å². The highest BCUT2D eigenvalue weighted by Gasteiger charge is 2.33. The van der Waals surface area contributed by atoms with Crippen LogP contribution in [0.25, 0.3) is 11.5 Å². The van der Waals surface area contributed by atoms with Crippen molar-refractivity contribution >= 4 is 5.91 Å². The van der Waals surface area contributed by atoms with E-state index in [9.17, 15) is 4.79 Å². The van der Waals surface area contributed by atoms with Gasteiger partial charge in [-0.2, -0.15) is 0 Å². The quantitative estimate of drug-likeness (QED) is 0.756. The number of benzene rings is 1. The average molecular weight is 370 g/mol. The van der Waals surface area contributed by atoms with E-state index in [1.165, 1.54) is 25.7 Å². The molecule has 0 aliphatic heterocycles. The van der Waals surface area contributed by atoms with Crippen LogP contribution in [0.4, 0.5) is 0 Å². The van der Waals surface area contributed by atoms with Crippen molar-refractivity contribution in [3.05, 3.63) is 36.2 Å². The standard InChI is InChI=1S/C21H30N4O2/c1-25(2)21(14-8-3-4-9-15-21)16-22-18(26)12-13-19-23-24-20(27-19)17-10-6-5-7-11-17/h5-7,10-11H,3-4,8-9,12-16H2,1-2H3,(H,22,26). The molecule has 1 aromatic carbocycles. The molecule has 1 heterocycles. The number of rotatable bonds is 7. The summed E-state index contributed by atoms with van der Waals surface area (Å²) in [5, 5.41) is 11.3. The van der Waals surface area contributed by atoms with Gasteiger partial charge in [-0.05, 0) is 39.1 Å². The summed E-state index contributed by atoms with van der Waals surface area (Å²) in [7, 11) is 4.25. The third kappa shape index (κ3) is 5.16. The first-order valence-corrected chi connectivity index (χ1v) is 9.91. The van der Waals surface area contributed by atoms with Gasteiger partial charge in [0, 0.05) is 30.5 Å². The van der Waals surface area contributed by atoms with E-state index in [4.69, 9.17) is 4.42 Å². The lowest BCUT2D eigenvalue weighted by Gasteiger charge is -2.39. The highest BCUT2D eigenvalue weighted by molar-refractivity contribution is 5.76. The van der Waals surface area contributed by atoms with Gasteiger partial charge in [-0.3, -0.25) is 4.79 Å². The Morgan fingerprint density at radius 1 is 1.11 bits per heavy atom. The molecule has 6 heteroatoms. The molecule has 1 N–H and O–H groups in total. The number of likely N-dealkylation sites (N-methyl/N-ethyl adjacent to an activating group) is 1. The third-order valence-electron chi connectivity index (χ3n) is 5.65. The van der Waals surface area contributed by atoms with E-state index >= 15 is 0 Å². The van der Waals surface area contributed by atoms with E-state index in [0.29, 0.717) is 31.2 Å². The van der Waals surface area contributed by atoms with Gasteiger partial charge in [-0.25, -0.2) is 0 Å². The number of carbonyl (C=O) groups excluding carboxylic acids is 1. The second kappa shape index (κ2) is 9.13. The molecule has 1 aliphatic rings. The SMILES string of the molecule is CN(C)C1(CNC(=O)CCc2nnc(-c3ccccc3)o2)CCCCCC1. The molecule has 27 heavy (non-hydrogen) atoms. The molecule has 146 valence electrons. The lowest BCUT2D eigenvalue weighted by Crippen LogP contribution is -2.52. The largest absolute Gasteiger partial charge is 0.421 e. The van der Waals surface area contributed by atoms with Crippen LogP contribution in [0.2, 0.25) is 0 Å². The molecule has 0 radical (unpaired) electrons. The maximum absolute atomic E-state index is 12.4. The summed E-state index contributed by atoms with van der Waals surface area (Å²) in [6.07, 6.45) is 8.17. The molecule has 0 bridgehead atoms. The van der Waals surface area contributed by atoms with Crippen molar-refractivity contribution in [2.45, 2.75) is 56.9 Å². The number of carbonyl (C=O) groups is 1. The lowest BCUT2D eigenvalue weighted by atomic mass is 9.88. The van der Waals surface area contributed by atoms with Crippen molar-refractivity contribution in [2.24, 2.45) is 0 Å². The molecule has 1 amide bonds. The Balaban J connectivity index is 1.50. The van der Waals surface area contributed by atoms with Crippen LogP contribution >= 0.6 is 0 Å². The Bertz CT molecular complexity index is 719. The molecule has 1 aromatic heterocycles. The fraction of sp³-hybridized carbons (Fsp3) is 0.571. The molecule has 1 aliphatic carbocycles. The molecule has 3 rings (SSSR count). The minimum absolute atomic E-state index is 0.0416. The highest BCUT2D eigenvalue weighted by Crippen LogP contribution is 2.30. The zero-order chi connectivity index (χ0) is 19.1. The van der Waals surface area contributed by atoms with E-state index in [-0.39, 0.29) is 11.4 Å². The molecular formula is C21H30N4O2. The van der Waals surface area contributed by atoms with Crippen LogP contribution in [0.3, 0.4) is 0 Å². The van der Waals surface area contributed by atoms with Gasteiger partial charge in [0.1, 0.15) is 0 Å². The van der Waals surface area contributed by atoms with Crippen LogP contribution in [0.5, 0.6) is 0 Å². The Hall–Kier alpha value is -2.21. The molecule has 6 nitrogen and oxygen atoms in total. The summed E-state index contributed by atoms with van der Waals surface area (Å²) in [5.41, 5.74) is 0.971. The van der Waals surface area contributed by atoms with Crippen LogP contribution < -0.4 is 5.32 Å². The van der Waals surface area contributed by atoms with Gasteiger partial charge in [0.05, 0.1) is 0 Å². The molecule has 1 fully saturated rings. The number of nitrogens with zero attached hydrogens (tertiary/aromatic N) is 3. The van der Waals surface area contributed by atoms with Crippen molar-refractivity contribution in [1.29, 1.82) is 0 Å². The third-order valence-corrected chi connectivity index (χ3v) is 5.65. The van der Waals surface area contributed by atoms with Crippen LogP contribution in [-0.2, 0) is 11.2 Å². The molecule has 1 saturated carbocycles. The Kier molecular flexibility index (Phi) is 6.61. The van der Waals surface area contributed by atoms with Crippen LogP contribution in [0.1, 0.15) is 50.8 Å². The van der Waals surface area contributed by atoms with Crippen LogP contribution in [0, 0.1) is 0 Å². The maximum atomic E-state index is 12.4. The van der Waals surface area contributed by atoms with Gasteiger partial charge in [0.2, 0.25) is 17.7 Å². The van der Waals surface area contributed by atoms with Gasteiger partial charge >= 0.3 is 0 Å². The Morgan fingerprint density at radius 2 is 1.81 bits per heavy atom. The van der Waals surface area contributed by atoms with Crippen molar-refractivity contribution in [3.8, 4) is 11.5 Å². The summed E-state index contributed by atoms with van der Waals surface area (Å²) in [5.74, 6) is 1.04. The topological polar surface area (TPSA) is 71.3 Å². The number of aromatic nitrogens is 2. The Labute approximate surface area is 161 Å². The number of hydrogen-bond donors (Lipinski definition) is 1. The minimum Gasteiger partial charge on any atom is -0.421 e. The number of nitrogens with one attached hydrogen (secondary N) is 1. The monoisotopic (exact) mass is 370 g/mol. The van der Waals surface area contributed by atoms with Crippen molar-refractivity contribution in [2.75, 3.05) is 20.6 Å². The molecule has 0 saturated heterocycles. The smallest absolute Gasteiger partial charge is 0.247 e. The zero-order valence-electron chi connectivity index (χ0n) is 16.4. The maximum Gasteiger partial charge on any atom is 0.247 e. The number of amides is 1. The van der Waals surface area contributed by atoms with E-state index in [1.54, 1.807) is 0 Å². The van der Waals surface area contributed by atoms with Gasteiger partial charge in [0.25, 0.3) is 0 Å². The fourth-order valence-electron chi connectivity index (χ4n) is 3.79. The normalized spacial score (nSPS) is 16.9. The average Bonchev–Trinajstić information content (AvgIpc) is 3.02. The molecule has 0 unspecified atom stereocenters. The summed E-state index contributed by atoms with van der Waals surface area (Å²) >= 11 is 0. The Morgan fingerprint density at radius 3 is 2.48 bits per heavy atom. The molecular weight excluding hydrogens is 340 g/mol. The van der Waals surface area contributed by atoms with Gasteiger partial charge in [-0.15, -0.1) is 10.2 Å². The predicted octanol–water partition coefficient (Wildman–Crippen LogP) is 3.44. The van der Waals surface area contributed by atoms with Crippen LogP contribution in [-0.4, -0.2) is 47.2 Å². The van der Waals surface area contributed by atoms with E-state index in [2.05, 4.69) is 34.5 Å². The summed E-state index contributed by atoms with van der Waals surface area (Å²) < 4.78 is 5.68. The molecule has 2 aromatic rings. The van der Waals surface area contributed by atoms with Gasteiger partial charge in [-0.1, -0.05) is 43.9 Å². The molecule has 0 atom stereocenters. The van der Waals surface area contributed by atoms with Crippen molar-refractivity contribution in [1.82, 2.24) is 20.4 Å². The second-order valence-electron chi connectivity index (χ2n) is 7.68. The lowest BCUT2D eigenvalue weighted by molar-refractivity contribution is -0.121. The summed E-state index contributed by atoms with van der Waals surface area (Å²) in [6.45, 7) is 0.706. The summed E-state index contributed by atoms with van der Waals surface area (Å²) in [4.78, 5) is 14.7. The van der Waals surface area contributed by atoms with Crippen molar-refractivity contribution in [3.63, 3.8) is 0 Å². The number of aryl methyl sites for hydroxylation is 1. The van der Waals surface area contributed by atoms with Crippen molar-refractivity contribution < 1.29 is 9.21 Å². The minimum atomic E-state index is 0.0416.